The molecule has 8 nitrogen and oxygen atoms in total. The largest absolute Gasteiger partial charge is 0.463 e. The minimum absolute atomic E-state index is 0.0242. The van der Waals surface area contributed by atoms with Crippen molar-refractivity contribution in [2.24, 2.45) is 0 Å². The Morgan fingerprint density at radius 1 is 1.03 bits per heavy atom. The molecule has 1 saturated heterocycles. The van der Waals surface area contributed by atoms with E-state index in [1.54, 1.807) is 24.3 Å². The van der Waals surface area contributed by atoms with Crippen LogP contribution in [0, 0.1) is 0 Å². The molecule has 8 heteroatoms. The Morgan fingerprint density at radius 3 is 2.32 bits per heavy atom. The lowest BCUT2D eigenvalue weighted by Crippen LogP contribution is -2.46. The number of aromatic nitrogens is 2. The number of likely N-dealkylation sites (tertiary alicyclic amines) is 1. The predicted molar refractivity (Wildman–Crippen MR) is 112 cm³/mol. The Bertz CT molecular complexity index is 1150. The van der Waals surface area contributed by atoms with E-state index in [2.05, 4.69) is 27.1 Å². The third kappa shape index (κ3) is 3.59. The first kappa shape index (κ1) is 19.4. The molecule has 1 aliphatic carbocycles. The molecule has 0 radical (unpaired) electrons. The molecule has 158 valence electrons. The average molecular weight is 418 g/mol. The molecule has 1 fully saturated rings. The predicted octanol–water partition coefficient (Wildman–Crippen LogP) is 3.33. The van der Waals surface area contributed by atoms with E-state index < -0.39 is 0 Å². The summed E-state index contributed by atoms with van der Waals surface area (Å²) in [4.78, 5) is 37.5. The number of nitrogens with one attached hydrogen (secondary N) is 1. The zero-order valence-electron chi connectivity index (χ0n) is 17.1. The molecule has 1 N–H and O–H groups in total. The number of nitrogens with zero attached hydrogens (tertiary/aromatic N) is 3. The highest BCUT2D eigenvalue weighted by Crippen LogP contribution is 2.32. The summed E-state index contributed by atoms with van der Waals surface area (Å²) in [6.07, 6.45) is 6.37. The first-order valence-electron chi connectivity index (χ1n) is 10.4. The molecule has 1 unspecified atom stereocenters. The van der Waals surface area contributed by atoms with Crippen molar-refractivity contribution in [2.75, 3.05) is 19.6 Å². The molecule has 0 aromatic carbocycles. The van der Waals surface area contributed by atoms with E-state index in [0.717, 1.165) is 32.5 Å². The van der Waals surface area contributed by atoms with Crippen LogP contribution in [0.3, 0.4) is 0 Å². The van der Waals surface area contributed by atoms with Crippen molar-refractivity contribution in [3.8, 4) is 22.9 Å². The number of carbonyl (C=O) groups is 2. The highest BCUT2D eigenvalue weighted by molar-refractivity contribution is 6.23. The Morgan fingerprint density at radius 2 is 1.71 bits per heavy atom. The quantitative estimate of drug-likeness (QED) is 0.673. The summed E-state index contributed by atoms with van der Waals surface area (Å²) in [5.74, 6) is 0.190. The van der Waals surface area contributed by atoms with Crippen molar-refractivity contribution < 1.29 is 18.4 Å². The van der Waals surface area contributed by atoms with Crippen LogP contribution in [-0.4, -0.2) is 52.1 Å². The van der Waals surface area contributed by atoms with Gasteiger partial charge in [0.1, 0.15) is 22.8 Å². The SMILES string of the molecule is CCN1CCCC(NC2=CC(=O)c3nc(-c4ccco4)c(-c4ccco4)nc3C2=O)C1. The van der Waals surface area contributed by atoms with Crippen LogP contribution in [0.1, 0.15) is 40.7 Å². The van der Waals surface area contributed by atoms with Gasteiger partial charge in [-0.05, 0) is 50.2 Å². The normalized spacial score (nSPS) is 19.3. The second-order valence-corrected chi connectivity index (χ2v) is 7.70. The Kier molecular flexibility index (Phi) is 4.99. The minimum Gasteiger partial charge on any atom is -0.463 e. The molecule has 3 aromatic heterocycles. The van der Waals surface area contributed by atoms with Gasteiger partial charge in [-0.15, -0.1) is 0 Å². The molecule has 1 aliphatic heterocycles. The van der Waals surface area contributed by atoms with Crippen LogP contribution in [-0.2, 0) is 0 Å². The second-order valence-electron chi connectivity index (χ2n) is 7.70. The van der Waals surface area contributed by atoms with Crippen molar-refractivity contribution in [1.29, 1.82) is 0 Å². The highest BCUT2D eigenvalue weighted by atomic mass is 16.3. The summed E-state index contributed by atoms with van der Waals surface area (Å²) in [6.45, 7) is 4.97. The van der Waals surface area contributed by atoms with Crippen LogP contribution >= 0.6 is 0 Å². The first-order valence-corrected chi connectivity index (χ1v) is 10.4. The van der Waals surface area contributed by atoms with Crippen molar-refractivity contribution in [1.82, 2.24) is 20.2 Å². The van der Waals surface area contributed by atoms with Gasteiger partial charge in [0.05, 0.1) is 18.2 Å². The van der Waals surface area contributed by atoms with Gasteiger partial charge in [0.15, 0.2) is 11.5 Å². The van der Waals surface area contributed by atoms with Gasteiger partial charge in [0.25, 0.3) is 0 Å². The van der Waals surface area contributed by atoms with Gasteiger partial charge in [0, 0.05) is 18.7 Å². The molecular weight excluding hydrogens is 396 g/mol. The maximum atomic E-state index is 13.3. The lowest BCUT2D eigenvalue weighted by molar-refractivity contribution is 0.0965. The van der Waals surface area contributed by atoms with Crippen LogP contribution in [0.25, 0.3) is 22.9 Å². The number of hydrogen-bond acceptors (Lipinski definition) is 8. The van der Waals surface area contributed by atoms with E-state index in [0.29, 0.717) is 22.9 Å². The summed E-state index contributed by atoms with van der Waals surface area (Å²) in [7, 11) is 0. The standard InChI is InChI=1S/C23H22N4O4/c1-2-27-9-3-6-14(13-27)24-15-12-16(28)19-22(23(15)29)26-21(18-8-5-11-31-18)20(25-19)17-7-4-10-30-17/h4-5,7-8,10-12,14,24H,2-3,6,9,13H2,1H3. The third-order valence-corrected chi connectivity index (χ3v) is 5.69. The monoisotopic (exact) mass is 418 g/mol. The van der Waals surface area contributed by atoms with Gasteiger partial charge in [-0.2, -0.15) is 0 Å². The highest BCUT2D eigenvalue weighted by Gasteiger charge is 2.33. The topological polar surface area (TPSA) is 101 Å². The molecule has 0 bridgehead atoms. The fourth-order valence-electron chi connectivity index (χ4n) is 4.12. The lowest BCUT2D eigenvalue weighted by atomic mass is 9.98. The number of carbonyl (C=O) groups excluding carboxylic acids is 2. The number of fused-ring (bicyclic) bond motifs is 1. The van der Waals surface area contributed by atoms with Crippen LogP contribution in [0.15, 0.2) is 57.4 Å². The molecule has 3 aromatic rings. The van der Waals surface area contributed by atoms with Crippen molar-refractivity contribution in [3.05, 3.63) is 60.0 Å². The summed E-state index contributed by atoms with van der Waals surface area (Å²) >= 11 is 0. The van der Waals surface area contributed by atoms with Crippen molar-refractivity contribution >= 4 is 11.6 Å². The van der Waals surface area contributed by atoms with Crippen LogP contribution in [0.5, 0.6) is 0 Å². The molecule has 4 heterocycles. The first-order chi connectivity index (χ1) is 15.1. The smallest absolute Gasteiger partial charge is 0.229 e. The maximum Gasteiger partial charge on any atom is 0.229 e. The second kappa shape index (κ2) is 7.96. The van der Waals surface area contributed by atoms with E-state index in [9.17, 15) is 9.59 Å². The third-order valence-electron chi connectivity index (χ3n) is 5.69. The molecule has 0 amide bonds. The van der Waals surface area contributed by atoms with Crippen LogP contribution < -0.4 is 5.32 Å². The average Bonchev–Trinajstić information content (AvgIpc) is 3.51. The number of piperidine rings is 1. The fourth-order valence-corrected chi connectivity index (χ4v) is 4.12. The molecule has 2 aliphatic rings. The number of furan rings is 2. The molecule has 0 spiro atoms. The zero-order chi connectivity index (χ0) is 21.4. The van der Waals surface area contributed by atoms with Gasteiger partial charge in [0.2, 0.25) is 11.6 Å². The van der Waals surface area contributed by atoms with Gasteiger partial charge in [-0.25, -0.2) is 9.97 Å². The molecule has 31 heavy (non-hydrogen) atoms. The fraction of sp³-hybridized carbons (Fsp3) is 0.304. The Labute approximate surface area is 179 Å². The molecular formula is C23H22N4O4. The van der Waals surface area contributed by atoms with Crippen LogP contribution in [0.4, 0.5) is 0 Å². The van der Waals surface area contributed by atoms with Gasteiger partial charge < -0.3 is 19.1 Å². The van der Waals surface area contributed by atoms with Gasteiger partial charge >= 0.3 is 0 Å². The number of allylic oxidation sites excluding steroid dienone is 2. The van der Waals surface area contributed by atoms with Crippen LogP contribution in [0.2, 0.25) is 0 Å². The molecule has 1 atom stereocenters. The Hall–Kier alpha value is -3.52. The van der Waals surface area contributed by atoms with Crippen molar-refractivity contribution in [2.45, 2.75) is 25.8 Å². The summed E-state index contributed by atoms with van der Waals surface area (Å²) in [6, 6.07) is 7.02. The number of likely N-dealkylation sites (N-methyl/N-ethyl adjacent to an activating group) is 1. The van der Waals surface area contributed by atoms with E-state index >= 15 is 0 Å². The summed E-state index contributed by atoms with van der Waals surface area (Å²) < 4.78 is 11.0. The Balaban J connectivity index is 1.53. The van der Waals surface area contributed by atoms with Crippen molar-refractivity contribution in [3.63, 3.8) is 0 Å². The maximum absolute atomic E-state index is 13.3. The summed E-state index contributed by atoms with van der Waals surface area (Å²) in [5.41, 5.74) is 1.04. The zero-order valence-corrected chi connectivity index (χ0v) is 17.1. The molecule has 0 saturated carbocycles. The van der Waals surface area contributed by atoms with Gasteiger partial charge in [-0.1, -0.05) is 6.92 Å². The lowest BCUT2D eigenvalue weighted by Gasteiger charge is -2.33. The van der Waals surface area contributed by atoms with E-state index in [1.165, 1.54) is 18.6 Å². The number of hydrogen-bond donors (Lipinski definition) is 1. The number of ketones is 2. The van der Waals surface area contributed by atoms with Gasteiger partial charge in [-0.3, -0.25) is 9.59 Å². The number of Topliss-reactive ketones (excluding diaryl/α,β-unsaturated/α-hetero) is 1. The van der Waals surface area contributed by atoms with E-state index in [1.807, 2.05) is 0 Å². The van der Waals surface area contributed by atoms with E-state index in [4.69, 9.17) is 8.83 Å². The molecule has 5 rings (SSSR count). The minimum atomic E-state index is -0.355. The summed E-state index contributed by atoms with van der Waals surface area (Å²) in [5, 5.41) is 3.28. The van der Waals surface area contributed by atoms with E-state index in [-0.39, 0.29) is 34.7 Å². The number of rotatable bonds is 5.